The zero-order valence-corrected chi connectivity index (χ0v) is 18.2. The molecule has 0 unspecified atom stereocenters. The largest absolute Gasteiger partial charge is 0.573 e. The van der Waals surface area contributed by atoms with Gasteiger partial charge in [-0.1, -0.05) is 18.2 Å². The number of hydrogen-bond acceptors (Lipinski definition) is 6. The molecule has 11 heteroatoms. The number of aromatic hydroxyl groups is 1. The number of pyridine rings is 1. The molecule has 8 nitrogen and oxygen atoms in total. The summed E-state index contributed by atoms with van der Waals surface area (Å²) >= 11 is 0. The molecule has 0 aliphatic carbocycles. The van der Waals surface area contributed by atoms with Crippen LogP contribution < -0.4 is 15.2 Å². The highest BCUT2D eigenvalue weighted by Crippen LogP contribution is 2.27. The number of alkyl halides is 3. The van der Waals surface area contributed by atoms with Crippen LogP contribution in [-0.4, -0.2) is 31.6 Å². The van der Waals surface area contributed by atoms with E-state index in [9.17, 15) is 27.9 Å². The normalized spacial score (nSPS) is 11.3. The van der Waals surface area contributed by atoms with Crippen LogP contribution in [0.1, 0.15) is 21.6 Å². The van der Waals surface area contributed by atoms with Crippen LogP contribution in [0.15, 0.2) is 77.9 Å². The Hall–Kier alpha value is -4.54. The lowest BCUT2D eigenvalue weighted by Crippen LogP contribution is -2.24. The summed E-state index contributed by atoms with van der Waals surface area (Å²) in [6.07, 6.45) is -2.05. The average Bonchev–Trinajstić information content (AvgIpc) is 3.03. The van der Waals surface area contributed by atoms with Crippen LogP contribution in [0, 0.1) is 6.92 Å². The molecule has 0 aliphatic rings. The number of esters is 1. The fourth-order valence-electron chi connectivity index (χ4n) is 3.39. The number of nitrogens with zero attached hydrogens (tertiary/aromatic N) is 3. The highest BCUT2D eigenvalue weighted by molar-refractivity contribution is 5.91. The second-order valence-corrected chi connectivity index (χ2v) is 7.39. The van der Waals surface area contributed by atoms with E-state index in [4.69, 9.17) is 4.74 Å². The van der Waals surface area contributed by atoms with E-state index in [1.807, 2.05) is 0 Å². The van der Waals surface area contributed by atoms with Crippen LogP contribution in [0.2, 0.25) is 0 Å². The lowest BCUT2D eigenvalue weighted by atomic mass is 10.2. The van der Waals surface area contributed by atoms with Gasteiger partial charge < -0.3 is 14.6 Å². The van der Waals surface area contributed by atoms with Gasteiger partial charge in [-0.3, -0.25) is 9.55 Å². The minimum absolute atomic E-state index is 0.0690. The van der Waals surface area contributed by atoms with Crippen molar-refractivity contribution in [2.75, 3.05) is 0 Å². The van der Waals surface area contributed by atoms with Crippen LogP contribution in [0.3, 0.4) is 0 Å². The molecule has 0 saturated heterocycles. The quantitative estimate of drug-likeness (QED) is 0.411. The van der Waals surface area contributed by atoms with Crippen LogP contribution in [0.25, 0.3) is 5.69 Å². The molecule has 0 saturated carbocycles. The summed E-state index contributed by atoms with van der Waals surface area (Å²) in [7, 11) is 0. The minimum Gasteiger partial charge on any atom is -0.493 e. The summed E-state index contributed by atoms with van der Waals surface area (Å²) in [5.74, 6) is -1.33. The van der Waals surface area contributed by atoms with E-state index in [2.05, 4.69) is 9.72 Å². The number of carbonyl (C=O) groups excluding carboxylic acids is 1. The van der Waals surface area contributed by atoms with Gasteiger partial charge in [-0.2, -0.15) is 0 Å². The van der Waals surface area contributed by atoms with Gasteiger partial charge in [0, 0.05) is 11.8 Å². The van der Waals surface area contributed by atoms with Gasteiger partial charge in [0.15, 0.2) is 5.75 Å². The highest BCUT2D eigenvalue weighted by Gasteiger charge is 2.31. The lowest BCUT2D eigenvalue weighted by Gasteiger charge is -2.11. The molecule has 0 spiro atoms. The van der Waals surface area contributed by atoms with Crippen LogP contribution in [-0.2, 0) is 6.54 Å². The first-order chi connectivity index (χ1) is 16.6. The summed E-state index contributed by atoms with van der Waals surface area (Å²) in [5, 5.41) is 10.6. The molecule has 0 amide bonds. The highest BCUT2D eigenvalue weighted by atomic mass is 19.4. The monoisotopic (exact) mass is 485 g/mol. The minimum atomic E-state index is -4.85. The number of ether oxygens (including phenoxy) is 2. The molecule has 0 atom stereocenters. The van der Waals surface area contributed by atoms with Crippen LogP contribution in [0.5, 0.6) is 17.4 Å². The Bertz CT molecular complexity index is 1410. The van der Waals surface area contributed by atoms with E-state index in [0.717, 1.165) is 16.7 Å². The van der Waals surface area contributed by atoms with Gasteiger partial charge in [0.05, 0.1) is 29.7 Å². The topological polar surface area (TPSA) is 95.6 Å². The van der Waals surface area contributed by atoms with Crippen molar-refractivity contribution >= 4 is 5.97 Å². The molecular formula is C24H18F3N3O5. The molecule has 0 bridgehead atoms. The first kappa shape index (κ1) is 23.6. The van der Waals surface area contributed by atoms with E-state index in [1.165, 1.54) is 36.0 Å². The predicted octanol–water partition coefficient (Wildman–Crippen LogP) is 4.21. The SMILES string of the molecule is Cc1c(O)n(-c2ccc(OC(F)(F)F)cc2)c(=O)n1Cc1ccncc1OC(=O)c1ccccc1. The number of benzene rings is 2. The number of rotatable bonds is 6. The van der Waals surface area contributed by atoms with Crippen LogP contribution >= 0.6 is 0 Å². The molecule has 0 aliphatic heterocycles. The van der Waals surface area contributed by atoms with Gasteiger partial charge in [0.2, 0.25) is 5.88 Å². The van der Waals surface area contributed by atoms with E-state index in [1.54, 1.807) is 36.4 Å². The first-order valence-electron chi connectivity index (χ1n) is 10.2. The van der Waals surface area contributed by atoms with Crippen molar-refractivity contribution in [2.45, 2.75) is 19.8 Å². The van der Waals surface area contributed by atoms with Crippen molar-refractivity contribution < 1.29 is 32.5 Å². The molecule has 4 rings (SSSR count). The Labute approximate surface area is 196 Å². The molecule has 35 heavy (non-hydrogen) atoms. The van der Waals surface area contributed by atoms with Crippen molar-refractivity contribution in [3.63, 3.8) is 0 Å². The zero-order valence-electron chi connectivity index (χ0n) is 18.2. The van der Waals surface area contributed by atoms with Crippen molar-refractivity contribution in [1.82, 2.24) is 14.1 Å². The smallest absolute Gasteiger partial charge is 0.493 e. The third kappa shape index (κ3) is 5.18. The van der Waals surface area contributed by atoms with Crippen LogP contribution in [0.4, 0.5) is 13.2 Å². The van der Waals surface area contributed by atoms with E-state index >= 15 is 0 Å². The maximum atomic E-state index is 13.1. The molecule has 0 radical (unpaired) electrons. The van der Waals surface area contributed by atoms with Gasteiger partial charge in [0.1, 0.15) is 5.75 Å². The lowest BCUT2D eigenvalue weighted by molar-refractivity contribution is -0.274. The van der Waals surface area contributed by atoms with Crippen molar-refractivity contribution in [3.8, 4) is 23.1 Å². The molecular weight excluding hydrogens is 467 g/mol. The first-order valence-corrected chi connectivity index (χ1v) is 10.2. The zero-order chi connectivity index (χ0) is 25.2. The fourth-order valence-corrected chi connectivity index (χ4v) is 3.39. The van der Waals surface area contributed by atoms with Gasteiger partial charge in [-0.25, -0.2) is 14.2 Å². The van der Waals surface area contributed by atoms with E-state index in [0.29, 0.717) is 11.1 Å². The maximum Gasteiger partial charge on any atom is 0.573 e. The van der Waals surface area contributed by atoms with Crippen molar-refractivity contribution in [2.24, 2.45) is 0 Å². The molecule has 2 aromatic carbocycles. The second-order valence-electron chi connectivity index (χ2n) is 7.39. The van der Waals surface area contributed by atoms with Crippen molar-refractivity contribution in [3.05, 3.63) is 100 Å². The van der Waals surface area contributed by atoms with E-state index in [-0.39, 0.29) is 23.7 Å². The Morgan fingerprint density at radius 3 is 2.40 bits per heavy atom. The third-order valence-electron chi connectivity index (χ3n) is 5.10. The Balaban J connectivity index is 1.63. The number of carbonyl (C=O) groups is 1. The van der Waals surface area contributed by atoms with Gasteiger partial charge >= 0.3 is 18.0 Å². The summed E-state index contributed by atoms with van der Waals surface area (Å²) < 4.78 is 48.7. The molecule has 2 heterocycles. The summed E-state index contributed by atoms with van der Waals surface area (Å²) in [4.78, 5) is 29.6. The number of aromatic nitrogens is 3. The fraction of sp³-hybridized carbons (Fsp3) is 0.125. The van der Waals surface area contributed by atoms with Gasteiger partial charge in [-0.05, 0) is 49.4 Å². The third-order valence-corrected chi connectivity index (χ3v) is 5.10. The standard InChI is InChI=1S/C24H18F3N3O5/c1-15-21(31)30(18-7-9-19(10-8-18)35-24(25,26)27)23(33)29(15)14-17-11-12-28-13-20(17)34-22(32)16-5-3-2-4-6-16/h2-13,31H,14H2,1H3. The predicted molar refractivity (Wildman–Crippen MR) is 118 cm³/mol. The number of imidazole rings is 1. The Morgan fingerprint density at radius 1 is 1.06 bits per heavy atom. The molecule has 4 aromatic rings. The maximum absolute atomic E-state index is 13.1. The Kier molecular flexibility index (Phi) is 6.32. The molecule has 1 N–H and O–H groups in total. The summed E-state index contributed by atoms with van der Waals surface area (Å²) in [6, 6.07) is 14.4. The van der Waals surface area contributed by atoms with Crippen molar-refractivity contribution in [1.29, 1.82) is 0 Å². The summed E-state index contributed by atoms with van der Waals surface area (Å²) in [5.41, 5.74) is 0.455. The molecule has 2 aromatic heterocycles. The second kappa shape index (κ2) is 9.37. The molecule has 0 fully saturated rings. The average molecular weight is 485 g/mol. The number of halogens is 3. The van der Waals surface area contributed by atoms with E-state index < -0.39 is 29.7 Å². The van der Waals surface area contributed by atoms with Gasteiger partial charge in [0.25, 0.3) is 0 Å². The number of hydrogen-bond donors (Lipinski definition) is 1. The van der Waals surface area contributed by atoms with Gasteiger partial charge in [-0.15, -0.1) is 13.2 Å². The Morgan fingerprint density at radius 2 is 1.74 bits per heavy atom. The summed E-state index contributed by atoms with van der Waals surface area (Å²) in [6.45, 7) is 1.44. The molecule has 180 valence electrons.